The summed E-state index contributed by atoms with van der Waals surface area (Å²) in [5, 5.41) is 11.2. The number of aliphatic hydroxyl groups is 1. The Hall–Kier alpha value is -1.15. The van der Waals surface area contributed by atoms with Crippen molar-refractivity contribution < 1.29 is 24.2 Å². The van der Waals surface area contributed by atoms with Crippen molar-refractivity contribution in [2.24, 2.45) is 11.8 Å². The second kappa shape index (κ2) is 6.87. The van der Waals surface area contributed by atoms with Crippen molar-refractivity contribution in [2.45, 2.75) is 44.6 Å². The molecule has 3 aliphatic rings. The Balaban J connectivity index is 1.55. The molecule has 25 heavy (non-hydrogen) atoms. The Morgan fingerprint density at radius 1 is 1.40 bits per heavy atom. The molecule has 1 aliphatic carbocycles. The van der Waals surface area contributed by atoms with Crippen molar-refractivity contribution in [3.05, 3.63) is 28.2 Å². The van der Waals surface area contributed by atoms with Gasteiger partial charge in [-0.3, -0.25) is 9.63 Å². The van der Waals surface area contributed by atoms with Crippen LogP contribution in [-0.2, 0) is 20.9 Å². The first-order valence-corrected chi connectivity index (χ1v) is 9.52. The number of hydrogen-bond acceptors (Lipinski definition) is 6. The van der Waals surface area contributed by atoms with Crippen molar-refractivity contribution in [1.29, 1.82) is 0 Å². The number of hydrogen-bond donors (Lipinski definition) is 1. The van der Waals surface area contributed by atoms with Crippen LogP contribution in [0.5, 0.6) is 5.75 Å². The number of nitrogens with zero attached hydrogens (tertiary/aromatic N) is 1. The summed E-state index contributed by atoms with van der Waals surface area (Å²) in [6.45, 7) is 2.82. The monoisotopic (exact) mass is 411 g/mol. The van der Waals surface area contributed by atoms with E-state index in [1.807, 2.05) is 25.1 Å². The van der Waals surface area contributed by atoms with E-state index in [4.69, 9.17) is 14.3 Å². The number of carbonyl (C=O) groups excluding carboxylic acids is 1. The zero-order chi connectivity index (χ0) is 17.6. The Bertz CT molecular complexity index is 665. The van der Waals surface area contributed by atoms with Crippen LogP contribution in [-0.4, -0.2) is 47.6 Å². The second-order valence-corrected chi connectivity index (χ2v) is 7.90. The fraction of sp³-hybridized carbons (Fsp3) is 0.611. The van der Waals surface area contributed by atoms with Crippen LogP contribution in [0.1, 0.15) is 25.3 Å². The van der Waals surface area contributed by atoms with Gasteiger partial charge in [-0.05, 0) is 47.7 Å². The smallest absolute Gasteiger partial charge is 0.326 e. The lowest BCUT2D eigenvalue weighted by Gasteiger charge is -2.22. The van der Waals surface area contributed by atoms with Gasteiger partial charge in [-0.1, -0.05) is 12.1 Å². The summed E-state index contributed by atoms with van der Waals surface area (Å²) in [4.78, 5) is 18.1. The van der Waals surface area contributed by atoms with Gasteiger partial charge in [-0.15, -0.1) is 0 Å². The quantitative estimate of drug-likeness (QED) is 0.724. The van der Waals surface area contributed by atoms with Crippen LogP contribution < -0.4 is 4.74 Å². The first-order valence-electron chi connectivity index (χ1n) is 8.73. The lowest BCUT2D eigenvalue weighted by molar-refractivity contribution is -0.195. The minimum Gasteiger partial charge on any atom is -0.492 e. The molecule has 0 spiro atoms. The lowest BCUT2D eigenvalue weighted by Crippen LogP contribution is -2.35. The van der Waals surface area contributed by atoms with E-state index < -0.39 is 12.1 Å². The third-order valence-corrected chi connectivity index (χ3v) is 5.80. The highest BCUT2D eigenvalue weighted by atomic mass is 79.9. The topological polar surface area (TPSA) is 68.2 Å². The molecule has 1 N–H and O–H groups in total. The molecule has 0 radical (unpaired) electrons. The van der Waals surface area contributed by atoms with Crippen LogP contribution in [0.15, 0.2) is 22.7 Å². The van der Waals surface area contributed by atoms with Crippen molar-refractivity contribution >= 4 is 21.9 Å². The zero-order valence-electron chi connectivity index (χ0n) is 14.1. The predicted molar refractivity (Wildman–Crippen MR) is 92.7 cm³/mol. The van der Waals surface area contributed by atoms with Crippen LogP contribution in [0.3, 0.4) is 0 Å². The number of hydroxylamine groups is 2. The van der Waals surface area contributed by atoms with Crippen molar-refractivity contribution in [2.75, 3.05) is 13.2 Å². The maximum Gasteiger partial charge on any atom is 0.326 e. The molecule has 0 bridgehead atoms. The number of halogens is 1. The van der Waals surface area contributed by atoms with E-state index in [1.165, 1.54) is 12.8 Å². The minimum atomic E-state index is -0.484. The molecule has 4 atom stereocenters. The molecule has 1 aromatic rings. The molecule has 2 aliphatic heterocycles. The zero-order valence-corrected chi connectivity index (χ0v) is 15.6. The maximum atomic E-state index is 12.2. The van der Waals surface area contributed by atoms with E-state index in [1.54, 1.807) is 5.06 Å². The first kappa shape index (κ1) is 17.3. The molecule has 4 rings (SSSR count). The van der Waals surface area contributed by atoms with Crippen LogP contribution in [0.4, 0.5) is 0 Å². The average molecular weight is 412 g/mol. The van der Waals surface area contributed by atoms with Crippen LogP contribution in [0.25, 0.3) is 0 Å². The molecule has 2 heterocycles. The molecule has 0 unspecified atom stereocenters. The van der Waals surface area contributed by atoms with Gasteiger partial charge in [-0.2, -0.15) is 5.06 Å². The standard InChI is InChI=1S/C18H22BrNO5/c1-10-15-14(8-21)25-20(16(15)18(22)24-10)7-12-3-2-4-13(19)17(12)23-9-11-5-6-11/h2-4,10-11,14-16,21H,5-9H2,1H3/t10-,14-,15+,16-/m0/s1. The Kier molecular flexibility index (Phi) is 4.75. The molecule has 0 aromatic heterocycles. The van der Waals surface area contributed by atoms with E-state index in [-0.39, 0.29) is 24.6 Å². The number of fused-ring (bicyclic) bond motifs is 1. The number of cyclic esters (lactones) is 1. The molecule has 136 valence electrons. The molecule has 0 amide bonds. The normalized spacial score (nSPS) is 31.9. The van der Waals surface area contributed by atoms with Gasteiger partial charge in [0.2, 0.25) is 0 Å². The highest BCUT2D eigenvalue weighted by molar-refractivity contribution is 9.10. The molecular weight excluding hydrogens is 390 g/mol. The Labute approximate surface area is 155 Å². The number of aliphatic hydroxyl groups excluding tert-OH is 1. The van der Waals surface area contributed by atoms with Gasteiger partial charge in [-0.25, -0.2) is 0 Å². The summed E-state index contributed by atoms with van der Waals surface area (Å²) in [6, 6.07) is 5.38. The molecule has 1 saturated carbocycles. The predicted octanol–water partition coefficient (Wildman–Crippen LogP) is 2.28. The first-order chi connectivity index (χ1) is 12.1. The van der Waals surface area contributed by atoms with Gasteiger partial charge in [0.25, 0.3) is 0 Å². The van der Waals surface area contributed by atoms with Crippen LogP contribution >= 0.6 is 15.9 Å². The van der Waals surface area contributed by atoms with Crippen LogP contribution in [0, 0.1) is 11.8 Å². The number of ether oxygens (including phenoxy) is 2. The SMILES string of the molecule is C[C@@H]1OC(=O)[C@@H]2[C@H]1[C@H](CO)ON2Cc1cccc(Br)c1OCC1CC1. The van der Waals surface area contributed by atoms with E-state index >= 15 is 0 Å². The molecule has 2 saturated heterocycles. The molecule has 6 nitrogen and oxygen atoms in total. The molecule has 3 fully saturated rings. The summed E-state index contributed by atoms with van der Waals surface area (Å²) in [5.74, 6) is 1.00. The van der Waals surface area contributed by atoms with E-state index in [0.717, 1.165) is 15.8 Å². The third kappa shape index (κ3) is 3.30. The van der Waals surface area contributed by atoms with E-state index in [9.17, 15) is 9.90 Å². The van der Waals surface area contributed by atoms with Crippen molar-refractivity contribution in [3.63, 3.8) is 0 Å². The van der Waals surface area contributed by atoms with Gasteiger partial charge in [0.15, 0.2) is 0 Å². The second-order valence-electron chi connectivity index (χ2n) is 7.05. The molecule has 7 heteroatoms. The van der Waals surface area contributed by atoms with E-state index in [0.29, 0.717) is 19.1 Å². The largest absolute Gasteiger partial charge is 0.492 e. The highest BCUT2D eigenvalue weighted by Gasteiger charge is 2.56. The summed E-state index contributed by atoms with van der Waals surface area (Å²) in [6.07, 6.45) is 1.77. The Morgan fingerprint density at radius 2 is 2.20 bits per heavy atom. The fourth-order valence-electron chi connectivity index (χ4n) is 3.65. The van der Waals surface area contributed by atoms with Crippen molar-refractivity contribution in [3.8, 4) is 5.75 Å². The lowest BCUT2D eigenvalue weighted by atomic mass is 9.93. The number of para-hydroxylation sites is 1. The Morgan fingerprint density at radius 3 is 2.92 bits per heavy atom. The van der Waals surface area contributed by atoms with Crippen LogP contribution in [0.2, 0.25) is 0 Å². The van der Waals surface area contributed by atoms with E-state index in [2.05, 4.69) is 15.9 Å². The number of rotatable bonds is 6. The molecular formula is C18H22BrNO5. The summed E-state index contributed by atoms with van der Waals surface area (Å²) < 4.78 is 12.3. The van der Waals surface area contributed by atoms with Gasteiger partial charge >= 0.3 is 5.97 Å². The van der Waals surface area contributed by atoms with Crippen molar-refractivity contribution in [1.82, 2.24) is 5.06 Å². The summed E-state index contributed by atoms with van der Waals surface area (Å²) >= 11 is 3.55. The van der Waals surface area contributed by atoms with Gasteiger partial charge in [0.05, 0.1) is 30.1 Å². The minimum absolute atomic E-state index is 0.137. The number of esters is 1. The molecule has 1 aromatic carbocycles. The van der Waals surface area contributed by atoms with Gasteiger partial charge in [0.1, 0.15) is 24.0 Å². The highest BCUT2D eigenvalue weighted by Crippen LogP contribution is 2.40. The third-order valence-electron chi connectivity index (χ3n) is 5.18. The fourth-order valence-corrected chi connectivity index (χ4v) is 4.18. The average Bonchev–Trinajstić information content (AvgIpc) is 3.26. The summed E-state index contributed by atoms with van der Waals surface area (Å²) in [7, 11) is 0. The summed E-state index contributed by atoms with van der Waals surface area (Å²) in [5.41, 5.74) is 0.944. The van der Waals surface area contributed by atoms with Gasteiger partial charge < -0.3 is 14.6 Å². The maximum absolute atomic E-state index is 12.2. The number of carbonyl (C=O) groups is 1. The number of benzene rings is 1. The van der Waals surface area contributed by atoms with Gasteiger partial charge in [0, 0.05) is 5.56 Å².